The number of hydrogen-bond donors (Lipinski definition) is 2. The summed E-state index contributed by atoms with van der Waals surface area (Å²) in [4.78, 5) is 23.3. The highest BCUT2D eigenvalue weighted by atomic mass is 32.1. The van der Waals surface area contributed by atoms with E-state index in [1.165, 1.54) is 0 Å². The van der Waals surface area contributed by atoms with Crippen LogP contribution >= 0.6 is 12.2 Å². The Hall–Kier alpha value is -1.95. The highest BCUT2D eigenvalue weighted by Gasteiger charge is 2.29. The SMILES string of the molecule is CCCCOC(=O)c1ccc(NC(=S)NC(=O)C2CC2)cc1. The highest BCUT2D eigenvalue weighted by Crippen LogP contribution is 2.28. The summed E-state index contributed by atoms with van der Waals surface area (Å²) in [6, 6.07) is 6.79. The smallest absolute Gasteiger partial charge is 0.338 e. The monoisotopic (exact) mass is 320 g/mol. The number of thiocarbonyl (C=S) groups is 1. The molecule has 1 amide bonds. The molecule has 1 aromatic rings. The third-order valence-electron chi connectivity index (χ3n) is 3.29. The van der Waals surface area contributed by atoms with E-state index in [9.17, 15) is 9.59 Å². The molecule has 0 bridgehead atoms. The van der Waals surface area contributed by atoms with Gasteiger partial charge in [0.1, 0.15) is 0 Å². The van der Waals surface area contributed by atoms with E-state index in [-0.39, 0.29) is 22.9 Å². The second-order valence-electron chi connectivity index (χ2n) is 5.28. The van der Waals surface area contributed by atoms with E-state index >= 15 is 0 Å². The normalized spacial score (nSPS) is 13.3. The van der Waals surface area contributed by atoms with E-state index in [1.807, 2.05) is 6.92 Å². The van der Waals surface area contributed by atoms with Crippen molar-refractivity contribution in [2.75, 3.05) is 11.9 Å². The zero-order valence-electron chi connectivity index (χ0n) is 12.6. The van der Waals surface area contributed by atoms with Crippen molar-refractivity contribution in [3.05, 3.63) is 29.8 Å². The zero-order chi connectivity index (χ0) is 15.9. The molecule has 1 saturated carbocycles. The molecule has 0 atom stereocenters. The zero-order valence-corrected chi connectivity index (χ0v) is 13.4. The van der Waals surface area contributed by atoms with Crippen molar-refractivity contribution in [2.24, 2.45) is 5.92 Å². The third-order valence-corrected chi connectivity index (χ3v) is 3.50. The number of anilines is 1. The van der Waals surface area contributed by atoms with Crippen LogP contribution in [0.25, 0.3) is 0 Å². The van der Waals surface area contributed by atoms with Crippen LogP contribution in [0.15, 0.2) is 24.3 Å². The maximum atomic E-state index is 11.8. The van der Waals surface area contributed by atoms with Crippen molar-refractivity contribution in [1.29, 1.82) is 0 Å². The van der Waals surface area contributed by atoms with Crippen LogP contribution in [0.1, 0.15) is 43.0 Å². The van der Waals surface area contributed by atoms with E-state index in [4.69, 9.17) is 17.0 Å². The van der Waals surface area contributed by atoms with Gasteiger partial charge in [-0.3, -0.25) is 4.79 Å². The standard InChI is InChI=1S/C16H20N2O3S/c1-2-3-10-21-15(20)12-6-8-13(9-7-12)17-16(22)18-14(19)11-4-5-11/h6-9,11H,2-5,10H2,1H3,(H2,17,18,19,22). The Bertz CT molecular complexity index is 553. The van der Waals surface area contributed by atoms with Crippen LogP contribution in [0.3, 0.4) is 0 Å². The average molecular weight is 320 g/mol. The van der Waals surface area contributed by atoms with Gasteiger partial charge in [-0.2, -0.15) is 0 Å². The van der Waals surface area contributed by atoms with Crippen LogP contribution in [-0.4, -0.2) is 23.6 Å². The minimum Gasteiger partial charge on any atom is -0.462 e. The van der Waals surface area contributed by atoms with Gasteiger partial charge in [0, 0.05) is 11.6 Å². The Labute approximate surface area is 135 Å². The summed E-state index contributed by atoms with van der Waals surface area (Å²) < 4.78 is 5.13. The molecule has 0 radical (unpaired) electrons. The van der Waals surface area contributed by atoms with Crippen molar-refractivity contribution in [1.82, 2.24) is 5.32 Å². The topological polar surface area (TPSA) is 67.4 Å². The lowest BCUT2D eigenvalue weighted by molar-refractivity contribution is -0.120. The number of nitrogens with one attached hydrogen (secondary N) is 2. The number of hydrogen-bond acceptors (Lipinski definition) is 4. The molecule has 6 heteroatoms. The second kappa shape index (κ2) is 7.89. The number of rotatable bonds is 6. The maximum Gasteiger partial charge on any atom is 0.338 e. The molecule has 22 heavy (non-hydrogen) atoms. The first-order chi connectivity index (χ1) is 10.6. The first kappa shape index (κ1) is 16.4. The third kappa shape index (κ3) is 5.11. The minimum atomic E-state index is -0.329. The summed E-state index contributed by atoms with van der Waals surface area (Å²) in [5.41, 5.74) is 1.21. The summed E-state index contributed by atoms with van der Waals surface area (Å²) >= 11 is 5.08. The van der Waals surface area contributed by atoms with Crippen molar-refractivity contribution >= 4 is 34.9 Å². The fourth-order valence-corrected chi connectivity index (χ4v) is 2.02. The molecule has 1 aliphatic carbocycles. The van der Waals surface area contributed by atoms with Gasteiger partial charge in [0.2, 0.25) is 5.91 Å². The lowest BCUT2D eigenvalue weighted by Gasteiger charge is -2.10. The van der Waals surface area contributed by atoms with E-state index in [1.54, 1.807) is 24.3 Å². The first-order valence-electron chi connectivity index (χ1n) is 7.49. The number of carbonyl (C=O) groups is 2. The molecule has 5 nitrogen and oxygen atoms in total. The van der Waals surface area contributed by atoms with E-state index < -0.39 is 0 Å². The number of esters is 1. The van der Waals surface area contributed by atoms with Crippen molar-refractivity contribution in [3.8, 4) is 0 Å². The Morgan fingerprint density at radius 3 is 2.55 bits per heavy atom. The van der Waals surface area contributed by atoms with Crippen LogP contribution in [0.2, 0.25) is 0 Å². The van der Waals surface area contributed by atoms with Gasteiger partial charge in [-0.1, -0.05) is 13.3 Å². The highest BCUT2D eigenvalue weighted by molar-refractivity contribution is 7.80. The molecule has 0 saturated heterocycles. The summed E-state index contributed by atoms with van der Waals surface area (Å²) in [5, 5.41) is 5.85. The van der Waals surface area contributed by atoms with E-state index in [2.05, 4.69) is 10.6 Å². The molecule has 1 fully saturated rings. The fourth-order valence-electron chi connectivity index (χ4n) is 1.80. The maximum absolute atomic E-state index is 11.8. The Balaban J connectivity index is 1.81. The first-order valence-corrected chi connectivity index (χ1v) is 7.90. The van der Waals surface area contributed by atoms with Gasteiger partial charge >= 0.3 is 5.97 Å². The minimum absolute atomic E-state index is 0.0337. The molecule has 1 aliphatic rings. The molecule has 0 aromatic heterocycles. The number of carbonyl (C=O) groups excluding carboxylic acids is 2. The molecule has 0 unspecified atom stereocenters. The van der Waals surface area contributed by atoms with Gasteiger partial charge in [0.25, 0.3) is 0 Å². The van der Waals surface area contributed by atoms with Crippen LogP contribution in [0.4, 0.5) is 5.69 Å². The van der Waals surface area contributed by atoms with Crippen LogP contribution < -0.4 is 10.6 Å². The number of benzene rings is 1. The summed E-state index contributed by atoms with van der Waals surface area (Å²) in [6.07, 6.45) is 3.72. The molecule has 2 N–H and O–H groups in total. The van der Waals surface area contributed by atoms with Crippen LogP contribution in [-0.2, 0) is 9.53 Å². The summed E-state index contributed by atoms with van der Waals surface area (Å²) in [7, 11) is 0. The molecular formula is C16H20N2O3S. The lowest BCUT2D eigenvalue weighted by Crippen LogP contribution is -2.35. The second-order valence-corrected chi connectivity index (χ2v) is 5.69. The number of amides is 1. The summed E-state index contributed by atoms with van der Waals surface area (Å²) in [5.74, 6) is -0.252. The molecule has 2 rings (SSSR count). The van der Waals surface area contributed by atoms with E-state index in [0.29, 0.717) is 17.9 Å². The molecule has 118 valence electrons. The molecule has 1 aromatic carbocycles. The van der Waals surface area contributed by atoms with Gasteiger partial charge < -0.3 is 15.4 Å². The number of ether oxygens (including phenoxy) is 1. The molecule has 0 spiro atoms. The van der Waals surface area contributed by atoms with Crippen molar-refractivity contribution < 1.29 is 14.3 Å². The fraction of sp³-hybridized carbons (Fsp3) is 0.438. The Morgan fingerprint density at radius 1 is 1.27 bits per heavy atom. The van der Waals surface area contributed by atoms with Crippen LogP contribution in [0, 0.1) is 5.92 Å². The molecular weight excluding hydrogens is 300 g/mol. The average Bonchev–Trinajstić information content (AvgIpc) is 3.32. The van der Waals surface area contributed by atoms with Crippen molar-refractivity contribution in [2.45, 2.75) is 32.6 Å². The molecule has 0 aliphatic heterocycles. The van der Waals surface area contributed by atoms with E-state index in [0.717, 1.165) is 25.7 Å². The molecule has 0 heterocycles. The van der Waals surface area contributed by atoms with Crippen molar-refractivity contribution in [3.63, 3.8) is 0 Å². The van der Waals surface area contributed by atoms with Gasteiger partial charge in [-0.25, -0.2) is 4.79 Å². The predicted octanol–water partition coefficient (Wildman–Crippen LogP) is 2.87. The van der Waals surface area contributed by atoms with Gasteiger partial charge in [0.05, 0.1) is 12.2 Å². The number of unbranched alkanes of at least 4 members (excludes halogenated alkanes) is 1. The lowest BCUT2D eigenvalue weighted by atomic mass is 10.2. The largest absolute Gasteiger partial charge is 0.462 e. The Morgan fingerprint density at radius 2 is 1.95 bits per heavy atom. The van der Waals surface area contributed by atoms with Crippen LogP contribution in [0.5, 0.6) is 0 Å². The quantitative estimate of drug-likeness (QED) is 0.479. The van der Waals surface area contributed by atoms with Gasteiger partial charge in [-0.15, -0.1) is 0 Å². The predicted molar refractivity (Wildman–Crippen MR) is 88.7 cm³/mol. The van der Waals surface area contributed by atoms with Gasteiger partial charge in [0.15, 0.2) is 5.11 Å². The summed E-state index contributed by atoms with van der Waals surface area (Å²) in [6.45, 7) is 2.48. The van der Waals surface area contributed by atoms with Gasteiger partial charge in [-0.05, 0) is 55.7 Å². The Kier molecular flexibility index (Phi) is 5.89.